The molecule has 4 aliphatic heterocycles. The van der Waals surface area contributed by atoms with Gasteiger partial charge < -0.3 is 29.4 Å². The fourth-order valence-corrected chi connectivity index (χ4v) is 19.5. The van der Waals surface area contributed by atoms with Crippen LogP contribution in [0.3, 0.4) is 0 Å². The summed E-state index contributed by atoms with van der Waals surface area (Å²) in [5.74, 6) is 0. The Labute approximate surface area is 663 Å². The van der Waals surface area contributed by atoms with E-state index in [0.29, 0.717) is 0 Å². The van der Waals surface area contributed by atoms with Crippen molar-refractivity contribution in [2.45, 2.75) is 0 Å². The van der Waals surface area contributed by atoms with Gasteiger partial charge in [0.1, 0.15) is 0 Å². The second kappa shape index (κ2) is 26.4. The van der Waals surface area contributed by atoms with Crippen LogP contribution < -0.4 is 62.2 Å². The first-order chi connectivity index (χ1) is 56.7. The van der Waals surface area contributed by atoms with Gasteiger partial charge in [0.15, 0.2) is 0 Å². The number of anilines is 18. The molecule has 0 amide bonds. The van der Waals surface area contributed by atoms with Crippen molar-refractivity contribution in [2.24, 2.45) is 0 Å². The zero-order valence-electron chi connectivity index (χ0n) is 62.3. The summed E-state index contributed by atoms with van der Waals surface area (Å²) in [5.41, 5.74) is 31.6. The minimum absolute atomic E-state index is 0.284. The summed E-state index contributed by atoms with van der Waals surface area (Å²) in [4.78, 5) is 15.5. The summed E-state index contributed by atoms with van der Waals surface area (Å²) in [7, 11) is 0. The van der Waals surface area contributed by atoms with Crippen molar-refractivity contribution in [3.63, 3.8) is 0 Å². The molecule has 23 rings (SSSR count). The van der Waals surface area contributed by atoms with Crippen LogP contribution in [0.1, 0.15) is 0 Å². The molecule has 530 valence electrons. The molecule has 0 bridgehead atoms. The second-order valence-electron chi connectivity index (χ2n) is 30.1. The predicted octanol–water partition coefficient (Wildman–Crippen LogP) is 24.7. The molecule has 0 unspecified atom stereocenters. The van der Waals surface area contributed by atoms with Gasteiger partial charge in [0, 0.05) is 101 Å². The Kier molecular flexibility index (Phi) is 15.1. The number of hydrogen-bond acceptors (Lipinski definition) is 6. The Balaban J connectivity index is 0.923. The van der Waals surface area contributed by atoms with Crippen molar-refractivity contribution in [1.82, 2.24) is 0 Å². The zero-order chi connectivity index (χ0) is 74.9. The minimum Gasteiger partial charge on any atom is -0.311 e. The number of benzene rings is 19. The lowest BCUT2D eigenvalue weighted by atomic mass is 9.30. The van der Waals surface area contributed by atoms with Gasteiger partial charge >= 0.3 is 0 Å². The SMILES string of the molecule is c1ccc(-c2c3ccccc3c(N3c4cc5c(cc4B4c6ccccc6N(c6ccccc6)c6cc(N(c7ccccc7)c7ccccc7)cc3c64)B3c4ccccc4N(c4ccccc4)c4cc(N(c6ccccc6)c6ccccc6)cc(c43)N5c3c4ccccc4c(-c4ccccc4)c4ccccc34)c3ccccc23)cc1. The smallest absolute Gasteiger partial charge is 0.252 e. The molecule has 0 aliphatic carbocycles. The summed E-state index contributed by atoms with van der Waals surface area (Å²) < 4.78 is 0. The van der Waals surface area contributed by atoms with Gasteiger partial charge in [-0.25, -0.2) is 0 Å². The lowest BCUT2D eigenvalue weighted by Crippen LogP contribution is -2.65. The first-order valence-corrected chi connectivity index (χ1v) is 39.5. The maximum absolute atomic E-state index is 2.74. The standard InChI is InChI=1S/C106H70B2N6/c1-9-37-71(38-10-1)101-81-53-25-29-57-85(81)105(86-58-30-26-54-82(86)101)113-95-70-96-92(69-91(95)107-89-61-33-35-63-93(89)111(77-49-21-7-22-50-77)97-65-79(67-99(113)103(97)107)109(73-41-13-3-14-42-73)74-43-15-4-16-44-74)108-90-62-34-36-64-94(90)112(78-51-23-8-24-52-78)98-66-80(110(75-45-17-5-18-46-75)76-47-19-6-20-48-76)68-100(104(98)108)114(96)106-87-59-31-27-55-83(87)102(72-39-11-2-12-40-72)84-56-28-32-60-88(84)106/h1-70H. The highest BCUT2D eigenvalue weighted by Crippen LogP contribution is 2.57. The lowest BCUT2D eigenvalue weighted by molar-refractivity contribution is 1.22. The number of nitrogens with zero attached hydrogens (tertiary/aromatic N) is 6. The Morgan fingerprint density at radius 3 is 0.746 bits per heavy atom. The monoisotopic (exact) mass is 1450 g/mol. The van der Waals surface area contributed by atoms with Gasteiger partial charge in [0.25, 0.3) is 13.4 Å². The van der Waals surface area contributed by atoms with E-state index in [4.69, 9.17) is 0 Å². The van der Waals surface area contributed by atoms with Crippen molar-refractivity contribution in [2.75, 3.05) is 29.4 Å². The number of hydrogen-bond donors (Lipinski definition) is 0. The molecule has 0 saturated heterocycles. The maximum Gasteiger partial charge on any atom is 0.252 e. The molecule has 6 nitrogen and oxygen atoms in total. The van der Waals surface area contributed by atoms with Gasteiger partial charge in [0.2, 0.25) is 0 Å². The summed E-state index contributed by atoms with van der Waals surface area (Å²) in [6, 6.07) is 159. The van der Waals surface area contributed by atoms with Gasteiger partial charge in [-0.15, -0.1) is 0 Å². The summed E-state index contributed by atoms with van der Waals surface area (Å²) in [5, 5.41) is 9.26. The van der Waals surface area contributed by atoms with Crippen molar-refractivity contribution in [3.05, 3.63) is 425 Å². The molecule has 19 aromatic carbocycles. The van der Waals surface area contributed by atoms with Crippen molar-refractivity contribution in [1.29, 1.82) is 0 Å². The van der Waals surface area contributed by atoms with Gasteiger partial charge in [-0.2, -0.15) is 0 Å². The first kappa shape index (κ1) is 65.1. The molecule has 0 saturated carbocycles. The fourth-order valence-electron chi connectivity index (χ4n) is 19.5. The van der Waals surface area contributed by atoms with Crippen molar-refractivity contribution in [3.8, 4) is 22.3 Å². The number of rotatable bonds is 12. The summed E-state index contributed by atoms with van der Waals surface area (Å²) in [6.45, 7) is -0.568. The highest BCUT2D eigenvalue weighted by Gasteiger charge is 2.50. The van der Waals surface area contributed by atoms with Crippen LogP contribution >= 0.6 is 0 Å². The summed E-state index contributed by atoms with van der Waals surface area (Å²) >= 11 is 0. The zero-order valence-corrected chi connectivity index (χ0v) is 62.3. The molecule has 0 spiro atoms. The van der Waals surface area contributed by atoms with Crippen LogP contribution in [0.15, 0.2) is 425 Å². The fraction of sp³-hybridized carbons (Fsp3) is 0. The van der Waals surface area contributed by atoms with E-state index in [9.17, 15) is 0 Å². The molecular weight excluding hydrogens is 1380 g/mol. The molecule has 114 heavy (non-hydrogen) atoms. The van der Waals surface area contributed by atoms with Crippen LogP contribution in [0.25, 0.3) is 65.3 Å². The van der Waals surface area contributed by atoms with Crippen LogP contribution in [0.4, 0.5) is 102 Å². The third-order valence-electron chi connectivity index (χ3n) is 24.0. The van der Waals surface area contributed by atoms with Crippen LogP contribution in [0.2, 0.25) is 0 Å². The van der Waals surface area contributed by atoms with E-state index in [1.54, 1.807) is 0 Å². The van der Waals surface area contributed by atoms with Crippen molar-refractivity contribution < 1.29 is 0 Å². The Morgan fingerprint density at radius 2 is 0.430 bits per heavy atom. The Morgan fingerprint density at radius 1 is 0.175 bits per heavy atom. The Bertz CT molecular complexity index is 6410. The normalized spacial score (nSPS) is 12.8. The second-order valence-corrected chi connectivity index (χ2v) is 30.1. The van der Waals surface area contributed by atoms with Gasteiger partial charge in [-0.1, -0.05) is 309 Å². The molecule has 4 heterocycles. The van der Waals surface area contributed by atoms with E-state index in [2.05, 4.69) is 454 Å². The molecule has 0 aromatic heterocycles. The Hall–Kier alpha value is -14.9. The lowest BCUT2D eigenvalue weighted by Gasteiger charge is -2.48. The average Bonchev–Trinajstić information content (AvgIpc) is 0.674. The first-order valence-electron chi connectivity index (χ1n) is 39.5. The molecule has 0 N–H and O–H groups in total. The van der Waals surface area contributed by atoms with E-state index in [1.807, 2.05) is 0 Å². The highest BCUT2D eigenvalue weighted by atomic mass is 15.2. The van der Waals surface area contributed by atoms with Crippen LogP contribution in [0.5, 0.6) is 0 Å². The topological polar surface area (TPSA) is 19.4 Å². The molecule has 8 heteroatoms. The average molecular weight is 1450 g/mol. The maximum atomic E-state index is 2.74. The third kappa shape index (κ3) is 10.0. The van der Waals surface area contributed by atoms with Crippen LogP contribution in [0, 0.1) is 0 Å². The van der Waals surface area contributed by atoms with E-state index >= 15 is 0 Å². The number of para-hydroxylation sites is 8. The molecular formula is C106H70B2N6. The molecule has 0 atom stereocenters. The van der Waals surface area contributed by atoms with Gasteiger partial charge in [-0.3, -0.25) is 0 Å². The third-order valence-corrected chi connectivity index (χ3v) is 24.0. The predicted molar refractivity (Wildman–Crippen MR) is 485 cm³/mol. The largest absolute Gasteiger partial charge is 0.311 e. The van der Waals surface area contributed by atoms with E-state index in [0.717, 1.165) is 124 Å². The molecule has 0 fully saturated rings. The molecule has 4 aliphatic rings. The number of fused-ring (bicyclic) bond motifs is 12. The van der Waals surface area contributed by atoms with Crippen molar-refractivity contribution >= 4 is 192 Å². The summed E-state index contributed by atoms with van der Waals surface area (Å²) in [6.07, 6.45) is 0. The minimum atomic E-state index is -0.284. The van der Waals surface area contributed by atoms with Gasteiger partial charge in [-0.05, 0) is 192 Å². The molecule has 19 aromatic rings. The van der Waals surface area contributed by atoms with Crippen LogP contribution in [-0.4, -0.2) is 13.4 Å². The van der Waals surface area contributed by atoms with E-state index in [1.165, 1.54) is 76.6 Å². The van der Waals surface area contributed by atoms with Crippen LogP contribution in [-0.2, 0) is 0 Å². The van der Waals surface area contributed by atoms with E-state index < -0.39 is 0 Å². The van der Waals surface area contributed by atoms with E-state index in [-0.39, 0.29) is 13.4 Å². The molecule has 0 radical (unpaired) electrons. The van der Waals surface area contributed by atoms with Gasteiger partial charge in [0.05, 0.1) is 22.7 Å². The highest BCUT2D eigenvalue weighted by molar-refractivity contribution is 7.03. The quantitative estimate of drug-likeness (QED) is 0.0891.